The van der Waals surface area contributed by atoms with Crippen LogP contribution in [0.5, 0.6) is 0 Å². The highest BCUT2D eigenvalue weighted by Gasteiger charge is 2.37. The van der Waals surface area contributed by atoms with Crippen molar-refractivity contribution >= 4 is 11.7 Å². The van der Waals surface area contributed by atoms with E-state index in [1.165, 1.54) is 5.56 Å². The average molecular weight is 461 g/mol. The van der Waals surface area contributed by atoms with Crippen LogP contribution in [0.25, 0.3) is 5.78 Å². The van der Waals surface area contributed by atoms with E-state index in [-0.39, 0.29) is 18.1 Å². The van der Waals surface area contributed by atoms with E-state index in [0.29, 0.717) is 30.9 Å². The number of hydrogen-bond acceptors (Lipinski definition) is 5. The van der Waals surface area contributed by atoms with Gasteiger partial charge in [-0.1, -0.05) is 30.3 Å². The number of hydrogen-bond donors (Lipinski definition) is 0. The molecule has 2 aromatic heterocycles. The lowest BCUT2D eigenvalue weighted by atomic mass is 10.1. The van der Waals surface area contributed by atoms with E-state index in [9.17, 15) is 18.0 Å². The van der Waals surface area contributed by atoms with Crippen LogP contribution in [0.3, 0.4) is 0 Å². The molecule has 0 bridgehead atoms. The first-order valence-corrected chi connectivity index (χ1v) is 11.1. The van der Waals surface area contributed by atoms with Crippen LogP contribution in [0.4, 0.5) is 13.2 Å². The number of carbonyl (C=O) groups is 1. The molecule has 1 aliphatic rings. The molecule has 4 rings (SSSR count). The number of halogens is 3. The molecule has 0 saturated carbocycles. The average Bonchev–Trinajstić information content (AvgIpc) is 3.07. The van der Waals surface area contributed by atoms with Crippen LogP contribution in [-0.4, -0.2) is 61.5 Å². The highest BCUT2D eigenvalue weighted by molar-refractivity contribution is 5.76. The fourth-order valence-electron chi connectivity index (χ4n) is 4.30. The zero-order valence-electron chi connectivity index (χ0n) is 18.8. The van der Waals surface area contributed by atoms with Crippen LogP contribution in [0.1, 0.15) is 41.2 Å². The van der Waals surface area contributed by atoms with Crippen LogP contribution < -0.4 is 0 Å². The molecule has 1 amide bonds. The van der Waals surface area contributed by atoms with Crippen LogP contribution in [-0.2, 0) is 23.9 Å². The zero-order valence-corrected chi connectivity index (χ0v) is 18.8. The lowest BCUT2D eigenvalue weighted by Gasteiger charge is -2.22. The number of fused-ring (bicyclic) bond motifs is 1. The molecule has 176 valence electrons. The molecule has 3 heterocycles. The highest BCUT2D eigenvalue weighted by atomic mass is 19.4. The van der Waals surface area contributed by atoms with Crippen molar-refractivity contribution in [3.8, 4) is 0 Å². The van der Waals surface area contributed by atoms with Crippen molar-refractivity contribution < 1.29 is 18.0 Å². The Kier molecular flexibility index (Phi) is 6.64. The van der Waals surface area contributed by atoms with E-state index < -0.39 is 12.0 Å². The Morgan fingerprint density at radius 2 is 1.79 bits per heavy atom. The minimum absolute atomic E-state index is 0.0463. The first kappa shape index (κ1) is 23.2. The van der Waals surface area contributed by atoms with Gasteiger partial charge in [-0.25, -0.2) is 9.50 Å². The van der Waals surface area contributed by atoms with Gasteiger partial charge >= 0.3 is 6.18 Å². The molecular formula is C23H27F3N6O. The summed E-state index contributed by atoms with van der Waals surface area (Å²) in [7, 11) is 0. The molecule has 0 spiro atoms. The lowest BCUT2D eigenvalue weighted by molar-refractivity contribution is -0.144. The molecule has 10 heteroatoms. The van der Waals surface area contributed by atoms with Crippen LogP contribution in [0.15, 0.2) is 30.3 Å². The minimum Gasteiger partial charge on any atom is -0.341 e. The molecule has 1 saturated heterocycles. The Bertz CT molecular complexity index is 1130. The topological polar surface area (TPSA) is 66.6 Å². The van der Waals surface area contributed by atoms with Crippen LogP contribution >= 0.6 is 0 Å². The number of aromatic nitrogens is 4. The number of aryl methyl sites for hydroxylation is 2. The molecule has 1 aromatic carbocycles. The monoisotopic (exact) mass is 460 g/mol. The quantitative estimate of drug-likeness (QED) is 0.584. The molecule has 3 aromatic rings. The lowest BCUT2D eigenvalue weighted by Crippen LogP contribution is -2.35. The van der Waals surface area contributed by atoms with Gasteiger partial charge in [-0.3, -0.25) is 9.69 Å². The summed E-state index contributed by atoms with van der Waals surface area (Å²) in [5, 5.41) is 3.57. The van der Waals surface area contributed by atoms with Gasteiger partial charge in [0, 0.05) is 50.5 Å². The van der Waals surface area contributed by atoms with Gasteiger partial charge in [-0.2, -0.15) is 18.2 Å². The van der Waals surface area contributed by atoms with Gasteiger partial charge in [0.1, 0.15) is 0 Å². The van der Waals surface area contributed by atoms with E-state index in [4.69, 9.17) is 0 Å². The normalized spacial score (nSPS) is 15.7. The van der Waals surface area contributed by atoms with E-state index in [1.54, 1.807) is 13.8 Å². The van der Waals surface area contributed by atoms with Gasteiger partial charge in [0.2, 0.25) is 5.91 Å². The van der Waals surface area contributed by atoms with E-state index in [2.05, 4.69) is 32.1 Å². The SMILES string of the molecule is Cc1nc2nc(C(F)(F)F)nn2c(C)c1CCC(=O)N1CCCN(Cc2ccccc2)CC1. The van der Waals surface area contributed by atoms with Gasteiger partial charge in [0.05, 0.1) is 0 Å². The zero-order chi connectivity index (χ0) is 23.6. The predicted octanol–water partition coefficient (Wildman–Crippen LogP) is 3.43. The summed E-state index contributed by atoms with van der Waals surface area (Å²) in [6, 6.07) is 10.3. The van der Waals surface area contributed by atoms with E-state index in [0.717, 1.165) is 36.1 Å². The molecule has 1 aliphatic heterocycles. The second-order valence-electron chi connectivity index (χ2n) is 8.40. The fourth-order valence-corrected chi connectivity index (χ4v) is 4.30. The number of benzene rings is 1. The van der Waals surface area contributed by atoms with Crippen molar-refractivity contribution in [1.29, 1.82) is 0 Å². The summed E-state index contributed by atoms with van der Waals surface area (Å²) in [4.78, 5) is 24.8. The van der Waals surface area contributed by atoms with Crippen LogP contribution in [0, 0.1) is 13.8 Å². The first-order valence-electron chi connectivity index (χ1n) is 11.1. The number of alkyl halides is 3. The van der Waals surface area contributed by atoms with E-state index >= 15 is 0 Å². The Labute approximate surface area is 190 Å². The predicted molar refractivity (Wildman–Crippen MR) is 116 cm³/mol. The van der Waals surface area contributed by atoms with Crippen molar-refractivity contribution in [2.45, 2.75) is 45.8 Å². The molecule has 0 N–H and O–H groups in total. The standard InChI is InChI=1S/C23H27F3N6O/c1-16-19(17(2)32-22(27-16)28-21(29-32)23(24,25)26)9-10-20(33)31-12-6-11-30(13-14-31)15-18-7-4-3-5-8-18/h3-5,7-8H,6,9-15H2,1-2H3. The molecule has 0 atom stereocenters. The molecule has 0 aliphatic carbocycles. The Morgan fingerprint density at radius 1 is 1.03 bits per heavy atom. The third kappa shape index (κ3) is 5.32. The fraction of sp³-hybridized carbons (Fsp3) is 0.478. The van der Waals surface area contributed by atoms with Crippen molar-refractivity contribution in [2.75, 3.05) is 26.2 Å². The second kappa shape index (κ2) is 9.46. The summed E-state index contributed by atoms with van der Waals surface area (Å²) < 4.78 is 40.1. The summed E-state index contributed by atoms with van der Waals surface area (Å²) in [6.07, 6.45) is -3.06. The number of amides is 1. The Morgan fingerprint density at radius 3 is 2.52 bits per heavy atom. The minimum atomic E-state index is -4.63. The van der Waals surface area contributed by atoms with Gasteiger partial charge in [0.25, 0.3) is 11.6 Å². The number of carbonyl (C=O) groups excluding carboxylic acids is 1. The molecule has 33 heavy (non-hydrogen) atoms. The number of nitrogens with zero attached hydrogens (tertiary/aromatic N) is 6. The first-order chi connectivity index (χ1) is 15.7. The molecule has 7 nitrogen and oxygen atoms in total. The van der Waals surface area contributed by atoms with Gasteiger partial charge in [-0.15, -0.1) is 5.10 Å². The van der Waals surface area contributed by atoms with Gasteiger partial charge < -0.3 is 4.90 Å². The summed E-state index contributed by atoms with van der Waals surface area (Å²) in [6.45, 7) is 7.39. The van der Waals surface area contributed by atoms with Crippen LogP contribution in [0.2, 0.25) is 0 Å². The smallest absolute Gasteiger partial charge is 0.341 e. The Hall–Kier alpha value is -3.01. The summed E-state index contributed by atoms with van der Waals surface area (Å²) in [5.74, 6) is -1.25. The van der Waals surface area contributed by atoms with E-state index in [1.807, 2.05) is 23.1 Å². The maximum Gasteiger partial charge on any atom is 0.453 e. The summed E-state index contributed by atoms with van der Waals surface area (Å²) in [5.41, 5.74) is 3.08. The maximum absolute atomic E-state index is 13.0. The van der Waals surface area contributed by atoms with Gasteiger partial charge in [-0.05, 0) is 37.8 Å². The largest absolute Gasteiger partial charge is 0.453 e. The third-order valence-electron chi connectivity index (χ3n) is 6.08. The molecule has 1 fully saturated rings. The number of rotatable bonds is 5. The Balaban J connectivity index is 1.39. The molecular weight excluding hydrogens is 433 g/mol. The van der Waals surface area contributed by atoms with Gasteiger partial charge in [0.15, 0.2) is 0 Å². The van der Waals surface area contributed by atoms with Crippen molar-refractivity contribution in [3.63, 3.8) is 0 Å². The second-order valence-corrected chi connectivity index (χ2v) is 8.40. The molecule has 0 unspecified atom stereocenters. The molecule has 0 radical (unpaired) electrons. The van der Waals surface area contributed by atoms with Crippen molar-refractivity contribution in [2.24, 2.45) is 0 Å². The van der Waals surface area contributed by atoms with Crippen molar-refractivity contribution in [3.05, 3.63) is 58.7 Å². The third-order valence-corrected chi connectivity index (χ3v) is 6.08. The summed E-state index contributed by atoms with van der Waals surface area (Å²) >= 11 is 0. The highest BCUT2D eigenvalue weighted by Crippen LogP contribution is 2.27. The maximum atomic E-state index is 13.0. The van der Waals surface area contributed by atoms with Crippen molar-refractivity contribution in [1.82, 2.24) is 29.4 Å².